The monoisotopic (exact) mass is 334 g/mol. The fourth-order valence-corrected chi connectivity index (χ4v) is 2.57. The van der Waals surface area contributed by atoms with Crippen LogP contribution in [0.3, 0.4) is 0 Å². The standard InChI is InChI=1S/C13H19ClN2O4S/c1-9-11(13(17)16-5-3-4-6-20-2)7-10(8-12(9)14)21(15,18)19/h7-8H,3-6H2,1-2H3,(H,16,17)(H2,15,18,19). The van der Waals surface area contributed by atoms with Gasteiger partial charge in [0.05, 0.1) is 4.90 Å². The molecule has 0 fully saturated rings. The Morgan fingerprint density at radius 1 is 1.38 bits per heavy atom. The van der Waals surface area contributed by atoms with Crippen molar-refractivity contribution in [1.82, 2.24) is 5.32 Å². The number of ether oxygens (including phenoxy) is 1. The van der Waals surface area contributed by atoms with Crippen LogP contribution in [0.5, 0.6) is 0 Å². The van der Waals surface area contributed by atoms with Crippen LogP contribution >= 0.6 is 11.6 Å². The smallest absolute Gasteiger partial charge is 0.251 e. The second-order valence-corrected chi connectivity index (χ2v) is 6.55. The van der Waals surface area contributed by atoms with Crippen LogP contribution in [0.15, 0.2) is 17.0 Å². The first-order valence-electron chi connectivity index (χ1n) is 6.37. The average molecular weight is 335 g/mol. The second-order valence-electron chi connectivity index (χ2n) is 4.58. The molecule has 0 aromatic heterocycles. The van der Waals surface area contributed by atoms with Crippen molar-refractivity contribution in [3.63, 3.8) is 0 Å². The average Bonchev–Trinajstić information content (AvgIpc) is 2.40. The van der Waals surface area contributed by atoms with E-state index in [1.165, 1.54) is 12.1 Å². The predicted molar refractivity (Wildman–Crippen MR) is 81.0 cm³/mol. The minimum atomic E-state index is -3.91. The number of rotatable bonds is 7. The molecule has 1 aromatic carbocycles. The lowest BCUT2D eigenvalue weighted by atomic mass is 10.1. The Balaban J connectivity index is 2.86. The number of amides is 1. The minimum Gasteiger partial charge on any atom is -0.385 e. The lowest BCUT2D eigenvalue weighted by molar-refractivity contribution is 0.0950. The Hall–Kier alpha value is -1.15. The van der Waals surface area contributed by atoms with Crippen LogP contribution in [0.2, 0.25) is 5.02 Å². The lowest BCUT2D eigenvalue weighted by Crippen LogP contribution is -2.26. The van der Waals surface area contributed by atoms with Crippen molar-refractivity contribution in [1.29, 1.82) is 0 Å². The molecule has 118 valence electrons. The van der Waals surface area contributed by atoms with Gasteiger partial charge in [0.1, 0.15) is 0 Å². The van der Waals surface area contributed by atoms with Crippen LogP contribution in [-0.2, 0) is 14.8 Å². The third kappa shape index (κ3) is 5.28. The summed E-state index contributed by atoms with van der Waals surface area (Å²) in [7, 11) is -2.30. The maximum absolute atomic E-state index is 12.1. The predicted octanol–water partition coefficient (Wildman–Crippen LogP) is 1.45. The van der Waals surface area contributed by atoms with Crippen molar-refractivity contribution >= 4 is 27.5 Å². The summed E-state index contributed by atoms with van der Waals surface area (Å²) in [6, 6.07) is 2.47. The van der Waals surface area contributed by atoms with E-state index < -0.39 is 10.0 Å². The highest BCUT2D eigenvalue weighted by Gasteiger charge is 2.17. The van der Waals surface area contributed by atoms with Crippen LogP contribution in [0, 0.1) is 6.92 Å². The van der Waals surface area contributed by atoms with E-state index in [2.05, 4.69) is 5.32 Å². The fraction of sp³-hybridized carbons (Fsp3) is 0.462. The van der Waals surface area contributed by atoms with E-state index in [0.29, 0.717) is 18.7 Å². The summed E-state index contributed by atoms with van der Waals surface area (Å²) in [6.07, 6.45) is 1.59. The third-order valence-corrected chi connectivity index (χ3v) is 4.24. The molecule has 0 spiro atoms. The highest BCUT2D eigenvalue weighted by Crippen LogP contribution is 2.23. The number of primary sulfonamides is 1. The van der Waals surface area contributed by atoms with Crippen molar-refractivity contribution in [2.45, 2.75) is 24.7 Å². The molecule has 0 radical (unpaired) electrons. The molecule has 0 unspecified atom stereocenters. The molecule has 6 nitrogen and oxygen atoms in total. The van der Waals surface area contributed by atoms with Crippen molar-refractivity contribution in [3.8, 4) is 0 Å². The zero-order chi connectivity index (χ0) is 16.0. The van der Waals surface area contributed by atoms with Crippen LogP contribution in [0.1, 0.15) is 28.8 Å². The highest BCUT2D eigenvalue weighted by atomic mass is 35.5. The number of hydrogen-bond acceptors (Lipinski definition) is 4. The largest absolute Gasteiger partial charge is 0.385 e. The molecule has 0 heterocycles. The molecular formula is C13H19ClN2O4S. The number of halogens is 1. The van der Waals surface area contributed by atoms with Gasteiger partial charge in [0.15, 0.2) is 0 Å². The topological polar surface area (TPSA) is 98.5 Å². The molecule has 0 aliphatic rings. The van der Waals surface area contributed by atoms with Crippen molar-refractivity contribution in [2.24, 2.45) is 5.14 Å². The number of carbonyl (C=O) groups is 1. The van der Waals surface area contributed by atoms with Gasteiger partial charge < -0.3 is 10.1 Å². The van der Waals surface area contributed by atoms with Gasteiger partial charge in [-0.3, -0.25) is 4.79 Å². The van der Waals surface area contributed by atoms with E-state index in [0.717, 1.165) is 12.8 Å². The molecule has 0 saturated carbocycles. The number of carbonyl (C=O) groups excluding carboxylic acids is 1. The molecule has 1 rings (SSSR count). The Morgan fingerprint density at radius 3 is 2.62 bits per heavy atom. The minimum absolute atomic E-state index is 0.178. The summed E-state index contributed by atoms with van der Waals surface area (Å²) in [5.41, 5.74) is 0.719. The molecule has 0 aliphatic carbocycles. The van der Waals surface area contributed by atoms with Gasteiger partial charge in [-0.1, -0.05) is 11.6 Å². The highest BCUT2D eigenvalue weighted by molar-refractivity contribution is 7.89. The molecule has 3 N–H and O–H groups in total. The molecule has 1 aromatic rings. The van der Waals surface area contributed by atoms with Crippen molar-refractivity contribution in [3.05, 3.63) is 28.3 Å². The molecule has 21 heavy (non-hydrogen) atoms. The summed E-state index contributed by atoms with van der Waals surface area (Å²) in [4.78, 5) is 11.9. The van der Waals surface area contributed by atoms with Crippen molar-refractivity contribution in [2.75, 3.05) is 20.3 Å². The SMILES string of the molecule is COCCCCNC(=O)c1cc(S(N)(=O)=O)cc(Cl)c1C. The zero-order valence-electron chi connectivity index (χ0n) is 12.0. The second kappa shape index (κ2) is 7.74. The molecular weight excluding hydrogens is 316 g/mol. The van der Waals surface area contributed by atoms with Gasteiger partial charge in [0.2, 0.25) is 10.0 Å². The molecule has 0 bridgehead atoms. The van der Waals surface area contributed by atoms with Gasteiger partial charge in [0.25, 0.3) is 5.91 Å². The Kier molecular flexibility index (Phi) is 6.60. The van der Waals surface area contributed by atoms with E-state index in [-0.39, 0.29) is 21.4 Å². The number of benzene rings is 1. The first kappa shape index (κ1) is 17.9. The number of sulfonamides is 1. The Bertz CT molecular complexity index is 617. The van der Waals surface area contributed by atoms with E-state index >= 15 is 0 Å². The van der Waals surface area contributed by atoms with Gasteiger partial charge in [-0.15, -0.1) is 0 Å². The number of nitrogens with two attached hydrogens (primary N) is 1. The molecule has 1 amide bonds. The summed E-state index contributed by atoms with van der Waals surface area (Å²) in [5.74, 6) is -0.377. The summed E-state index contributed by atoms with van der Waals surface area (Å²) in [6.45, 7) is 2.75. The fourth-order valence-electron chi connectivity index (χ4n) is 1.72. The van der Waals surface area contributed by atoms with Crippen LogP contribution in [-0.4, -0.2) is 34.6 Å². The maximum atomic E-state index is 12.1. The van der Waals surface area contributed by atoms with Crippen molar-refractivity contribution < 1.29 is 17.9 Å². The molecule has 8 heteroatoms. The normalized spacial score (nSPS) is 11.4. The summed E-state index contributed by atoms with van der Waals surface area (Å²) in [5, 5.41) is 7.97. The molecule has 0 aliphatic heterocycles. The van der Waals surface area contributed by atoms with Gasteiger partial charge in [-0.2, -0.15) is 0 Å². The zero-order valence-corrected chi connectivity index (χ0v) is 13.6. The third-order valence-electron chi connectivity index (χ3n) is 2.95. The van der Waals surface area contributed by atoms with Crippen LogP contribution in [0.25, 0.3) is 0 Å². The Labute approximate surface area is 129 Å². The number of nitrogens with one attached hydrogen (secondary N) is 1. The maximum Gasteiger partial charge on any atom is 0.251 e. The summed E-state index contributed by atoms with van der Waals surface area (Å²) >= 11 is 5.96. The Morgan fingerprint density at radius 2 is 2.05 bits per heavy atom. The quantitative estimate of drug-likeness (QED) is 0.737. The van der Waals surface area contributed by atoms with E-state index in [1.807, 2.05) is 0 Å². The summed E-state index contributed by atoms with van der Waals surface area (Å²) < 4.78 is 27.7. The lowest BCUT2D eigenvalue weighted by Gasteiger charge is -2.11. The van der Waals surface area contributed by atoms with Gasteiger partial charge >= 0.3 is 0 Å². The molecule has 0 atom stereocenters. The first-order chi connectivity index (χ1) is 9.77. The van der Waals surface area contributed by atoms with E-state index in [4.69, 9.17) is 21.5 Å². The van der Waals surface area contributed by atoms with E-state index in [9.17, 15) is 13.2 Å². The van der Waals surface area contributed by atoms with Crippen LogP contribution in [0.4, 0.5) is 0 Å². The van der Waals surface area contributed by atoms with Crippen LogP contribution < -0.4 is 10.5 Å². The van der Waals surface area contributed by atoms with Gasteiger partial charge in [-0.25, -0.2) is 13.6 Å². The number of methoxy groups -OCH3 is 1. The first-order valence-corrected chi connectivity index (χ1v) is 8.30. The van der Waals surface area contributed by atoms with Gasteiger partial charge in [0, 0.05) is 30.8 Å². The number of hydrogen-bond donors (Lipinski definition) is 2. The number of unbranched alkanes of at least 4 members (excludes halogenated alkanes) is 1. The van der Waals surface area contributed by atoms with E-state index in [1.54, 1.807) is 14.0 Å². The van der Waals surface area contributed by atoms with Gasteiger partial charge in [-0.05, 0) is 37.5 Å². The molecule has 0 saturated heterocycles.